The Bertz CT molecular complexity index is 712. The van der Waals surface area contributed by atoms with Gasteiger partial charge in [-0.1, -0.05) is 12.1 Å². The molecule has 0 heterocycles. The van der Waals surface area contributed by atoms with Gasteiger partial charge >= 0.3 is 0 Å². The zero-order valence-corrected chi connectivity index (χ0v) is 13.2. The highest BCUT2D eigenvalue weighted by Gasteiger charge is 2.18. The van der Waals surface area contributed by atoms with E-state index in [1.165, 1.54) is 24.3 Å². The van der Waals surface area contributed by atoms with Crippen molar-refractivity contribution < 1.29 is 17.5 Å². The Morgan fingerprint density at radius 1 is 1.09 bits per heavy atom. The molecule has 0 aliphatic carbocycles. The minimum Gasteiger partial charge on any atom is -0.494 e. The second-order valence-electron chi connectivity index (χ2n) is 4.80. The lowest BCUT2D eigenvalue weighted by atomic mass is 10.1. The highest BCUT2D eigenvalue weighted by Crippen LogP contribution is 2.19. The second-order valence-corrected chi connectivity index (χ2v) is 6.51. The van der Waals surface area contributed by atoms with E-state index in [2.05, 4.69) is 4.72 Å². The monoisotopic (exact) mass is 323 g/mol. The molecule has 1 N–H and O–H groups in total. The molecule has 2 rings (SSSR count). The smallest absolute Gasteiger partial charge is 0.241 e. The molecule has 0 amide bonds. The number of ether oxygens (including phenoxy) is 1. The van der Waals surface area contributed by atoms with Crippen molar-refractivity contribution >= 4 is 10.0 Å². The molecular formula is C16H18FNO3S. The highest BCUT2D eigenvalue weighted by atomic mass is 32.2. The Labute approximate surface area is 130 Å². The van der Waals surface area contributed by atoms with Gasteiger partial charge in [0.2, 0.25) is 10.0 Å². The normalized spacial score (nSPS) is 12.9. The lowest BCUT2D eigenvalue weighted by Crippen LogP contribution is -2.26. The highest BCUT2D eigenvalue weighted by molar-refractivity contribution is 7.89. The van der Waals surface area contributed by atoms with Crippen molar-refractivity contribution in [3.63, 3.8) is 0 Å². The first-order valence-corrected chi connectivity index (χ1v) is 8.41. The van der Waals surface area contributed by atoms with Crippen LogP contribution in [0.3, 0.4) is 0 Å². The Kier molecular flexibility index (Phi) is 5.15. The lowest BCUT2D eigenvalue weighted by Gasteiger charge is -2.15. The lowest BCUT2D eigenvalue weighted by molar-refractivity contribution is 0.340. The van der Waals surface area contributed by atoms with E-state index in [0.29, 0.717) is 17.9 Å². The molecule has 22 heavy (non-hydrogen) atoms. The largest absolute Gasteiger partial charge is 0.494 e. The van der Waals surface area contributed by atoms with Crippen LogP contribution in [0.5, 0.6) is 5.75 Å². The molecule has 2 aromatic rings. The van der Waals surface area contributed by atoms with Crippen LogP contribution in [-0.2, 0) is 10.0 Å². The van der Waals surface area contributed by atoms with E-state index < -0.39 is 16.1 Å². The van der Waals surface area contributed by atoms with Crippen molar-refractivity contribution in [1.82, 2.24) is 4.72 Å². The molecule has 0 fully saturated rings. The quantitative estimate of drug-likeness (QED) is 0.888. The minimum atomic E-state index is -3.65. The Morgan fingerprint density at radius 3 is 2.23 bits per heavy atom. The number of sulfonamides is 1. The predicted octanol–water partition coefficient (Wildman–Crippen LogP) is 3.26. The maximum atomic E-state index is 12.9. The van der Waals surface area contributed by atoms with Gasteiger partial charge in [-0.05, 0) is 55.8 Å². The number of halogens is 1. The van der Waals surface area contributed by atoms with Gasteiger partial charge in [0.25, 0.3) is 0 Å². The van der Waals surface area contributed by atoms with Crippen molar-refractivity contribution in [2.45, 2.75) is 24.8 Å². The summed E-state index contributed by atoms with van der Waals surface area (Å²) in [6.07, 6.45) is 0. The number of nitrogens with one attached hydrogen (secondary N) is 1. The zero-order valence-electron chi connectivity index (χ0n) is 12.4. The van der Waals surface area contributed by atoms with E-state index in [4.69, 9.17) is 4.74 Å². The fraction of sp³-hybridized carbons (Fsp3) is 0.250. The van der Waals surface area contributed by atoms with Gasteiger partial charge in [-0.3, -0.25) is 0 Å². The second kappa shape index (κ2) is 6.89. The molecule has 118 valence electrons. The van der Waals surface area contributed by atoms with Gasteiger partial charge in [0.05, 0.1) is 11.5 Å². The third-order valence-electron chi connectivity index (χ3n) is 3.15. The van der Waals surface area contributed by atoms with Crippen LogP contribution in [0.1, 0.15) is 25.5 Å². The van der Waals surface area contributed by atoms with Crippen molar-refractivity contribution in [2.75, 3.05) is 6.61 Å². The third-order valence-corrected chi connectivity index (χ3v) is 4.70. The maximum Gasteiger partial charge on any atom is 0.241 e. The van der Waals surface area contributed by atoms with E-state index in [1.54, 1.807) is 31.2 Å². The molecule has 0 saturated carbocycles. The maximum absolute atomic E-state index is 12.9. The number of rotatable bonds is 6. The van der Waals surface area contributed by atoms with E-state index in [9.17, 15) is 12.8 Å². The molecule has 0 aliphatic heterocycles. The molecular weight excluding hydrogens is 305 g/mol. The molecule has 4 nitrogen and oxygen atoms in total. The van der Waals surface area contributed by atoms with E-state index >= 15 is 0 Å². The van der Waals surface area contributed by atoms with Crippen LogP contribution in [0.15, 0.2) is 53.4 Å². The Balaban J connectivity index is 2.14. The average molecular weight is 323 g/mol. The summed E-state index contributed by atoms with van der Waals surface area (Å²) in [4.78, 5) is 0.157. The molecule has 0 aliphatic rings. The molecule has 1 atom stereocenters. The van der Waals surface area contributed by atoms with Gasteiger partial charge in [0.15, 0.2) is 0 Å². The van der Waals surface area contributed by atoms with E-state index in [1.807, 2.05) is 6.92 Å². The molecule has 6 heteroatoms. The Hall–Kier alpha value is -1.92. The topological polar surface area (TPSA) is 55.4 Å². The molecule has 0 spiro atoms. The van der Waals surface area contributed by atoms with Crippen LogP contribution in [0.2, 0.25) is 0 Å². The van der Waals surface area contributed by atoms with E-state index in [-0.39, 0.29) is 10.7 Å². The standard InChI is InChI=1S/C16H18FNO3S/c1-3-21-15-8-10-16(11-9-15)22(19,20)18-12(2)13-4-6-14(17)7-5-13/h4-12,18H,3H2,1-2H3/t12-/m0/s1. The summed E-state index contributed by atoms with van der Waals surface area (Å²) in [6, 6.07) is 11.5. The summed E-state index contributed by atoms with van der Waals surface area (Å²) >= 11 is 0. The fourth-order valence-corrected chi connectivity index (χ4v) is 3.23. The molecule has 0 unspecified atom stereocenters. The molecule has 0 bridgehead atoms. The van der Waals surface area contributed by atoms with Crippen molar-refractivity contribution in [1.29, 1.82) is 0 Å². The number of hydrogen-bond acceptors (Lipinski definition) is 3. The molecule has 0 saturated heterocycles. The van der Waals surface area contributed by atoms with Gasteiger partial charge in [0, 0.05) is 6.04 Å². The summed E-state index contributed by atoms with van der Waals surface area (Å²) < 4.78 is 45.4. The Morgan fingerprint density at radius 2 is 1.68 bits per heavy atom. The summed E-state index contributed by atoms with van der Waals surface area (Å²) in [5.41, 5.74) is 0.691. The average Bonchev–Trinajstić information content (AvgIpc) is 2.48. The summed E-state index contributed by atoms with van der Waals surface area (Å²) in [5, 5.41) is 0. The molecule has 2 aromatic carbocycles. The van der Waals surface area contributed by atoms with Gasteiger partial charge in [-0.25, -0.2) is 17.5 Å². The number of benzene rings is 2. The van der Waals surface area contributed by atoms with Gasteiger partial charge in [0.1, 0.15) is 11.6 Å². The zero-order chi connectivity index (χ0) is 16.2. The first-order valence-electron chi connectivity index (χ1n) is 6.93. The van der Waals surface area contributed by atoms with Crippen LogP contribution in [0.25, 0.3) is 0 Å². The van der Waals surface area contributed by atoms with Crippen molar-refractivity contribution in [2.24, 2.45) is 0 Å². The predicted molar refractivity (Wildman–Crippen MR) is 82.7 cm³/mol. The fourth-order valence-electron chi connectivity index (χ4n) is 2.00. The number of hydrogen-bond donors (Lipinski definition) is 1. The molecule has 0 aromatic heterocycles. The van der Waals surface area contributed by atoms with Crippen molar-refractivity contribution in [3.05, 3.63) is 59.9 Å². The van der Waals surface area contributed by atoms with Crippen molar-refractivity contribution in [3.8, 4) is 5.75 Å². The first-order chi connectivity index (χ1) is 10.4. The van der Waals surface area contributed by atoms with Crippen LogP contribution in [0.4, 0.5) is 4.39 Å². The summed E-state index contributed by atoms with van der Waals surface area (Å²) in [6.45, 7) is 4.09. The van der Waals surface area contributed by atoms with Gasteiger partial charge in [-0.15, -0.1) is 0 Å². The van der Waals surface area contributed by atoms with Gasteiger partial charge < -0.3 is 4.74 Å². The van der Waals surface area contributed by atoms with Crippen LogP contribution < -0.4 is 9.46 Å². The van der Waals surface area contributed by atoms with Crippen LogP contribution in [0, 0.1) is 5.82 Å². The third kappa shape index (κ3) is 4.05. The summed E-state index contributed by atoms with van der Waals surface area (Å²) in [5.74, 6) is 0.262. The van der Waals surface area contributed by atoms with Gasteiger partial charge in [-0.2, -0.15) is 0 Å². The van der Waals surface area contributed by atoms with Crippen LogP contribution >= 0.6 is 0 Å². The summed E-state index contributed by atoms with van der Waals surface area (Å²) in [7, 11) is -3.65. The SMILES string of the molecule is CCOc1ccc(S(=O)(=O)N[C@@H](C)c2ccc(F)cc2)cc1. The van der Waals surface area contributed by atoms with Crippen LogP contribution in [-0.4, -0.2) is 15.0 Å². The van der Waals surface area contributed by atoms with E-state index in [0.717, 1.165) is 0 Å². The molecule has 0 radical (unpaired) electrons. The minimum absolute atomic E-state index is 0.157. The first kappa shape index (κ1) is 16.5.